The predicted molar refractivity (Wildman–Crippen MR) is 65.9 cm³/mol. The van der Waals surface area contributed by atoms with Crippen molar-refractivity contribution in [2.45, 2.75) is 19.3 Å². The van der Waals surface area contributed by atoms with Gasteiger partial charge >= 0.3 is 11.8 Å². The SMILES string of the molecule is O=C1CC(=O)NCCCNC(=O)C(=O)NCCCN1. The van der Waals surface area contributed by atoms with Crippen molar-refractivity contribution in [3.8, 4) is 0 Å². The summed E-state index contributed by atoms with van der Waals surface area (Å²) in [6.07, 6.45) is 0.775. The first kappa shape index (κ1) is 14.9. The standard InChI is InChI=1S/C11H18N4O4/c16-8-7-9(17)13-4-2-6-15-11(19)10(18)14-5-1-3-12-8/h1-7H2,(H,12,16)(H,13,17)(H,14,18)(H,15,19). The Balaban J connectivity index is 2.45. The average Bonchev–Trinajstić information content (AvgIpc) is 2.36. The van der Waals surface area contributed by atoms with E-state index in [1.165, 1.54) is 0 Å². The van der Waals surface area contributed by atoms with E-state index in [-0.39, 0.29) is 18.2 Å². The molecular weight excluding hydrogens is 252 g/mol. The molecule has 0 spiro atoms. The van der Waals surface area contributed by atoms with Crippen LogP contribution in [0.15, 0.2) is 0 Å². The second-order valence-electron chi connectivity index (χ2n) is 4.10. The van der Waals surface area contributed by atoms with Crippen molar-refractivity contribution in [3.63, 3.8) is 0 Å². The first-order chi connectivity index (χ1) is 9.09. The normalized spacial score (nSPS) is 20.2. The van der Waals surface area contributed by atoms with Gasteiger partial charge in [0.1, 0.15) is 6.42 Å². The van der Waals surface area contributed by atoms with Gasteiger partial charge < -0.3 is 21.3 Å². The van der Waals surface area contributed by atoms with E-state index in [1.807, 2.05) is 0 Å². The summed E-state index contributed by atoms with van der Waals surface area (Å²) < 4.78 is 0. The van der Waals surface area contributed by atoms with Gasteiger partial charge in [0.05, 0.1) is 0 Å². The Morgan fingerprint density at radius 2 is 0.947 bits per heavy atom. The van der Waals surface area contributed by atoms with Gasteiger partial charge in [-0.05, 0) is 12.8 Å². The van der Waals surface area contributed by atoms with E-state index in [0.717, 1.165) is 0 Å². The molecule has 0 radical (unpaired) electrons. The van der Waals surface area contributed by atoms with E-state index in [9.17, 15) is 19.2 Å². The second kappa shape index (κ2) is 8.06. The Morgan fingerprint density at radius 3 is 1.37 bits per heavy atom. The van der Waals surface area contributed by atoms with Gasteiger partial charge in [-0.2, -0.15) is 0 Å². The van der Waals surface area contributed by atoms with Crippen molar-refractivity contribution in [2.24, 2.45) is 0 Å². The molecule has 0 aromatic rings. The predicted octanol–water partition coefficient (Wildman–Crippen LogP) is -2.36. The van der Waals surface area contributed by atoms with E-state index in [4.69, 9.17) is 0 Å². The van der Waals surface area contributed by atoms with Crippen LogP contribution in [0.25, 0.3) is 0 Å². The molecule has 1 fully saturated rings. The van der Waals surface area contributed by atoms with E-state index in [1.54, 1.807) is 0 Å². The summed E-state index contributed by atoms with van der Waals surface area (Å²) in [6.45, 7) is 1.26. The fraction of sp³-hybridized carbons (Fsp3) is 0.636. The van der Waals surface area contributed by atoms with Crippen LogP contribution < -0.4 is 21.3 Å². The van der Waals surface area contributed by atoms with Crippen molar-refractivity contribution >= 4 is 23.6 Å². The molecule has 8 heteroatoms. The number of rotatable bonds is 0. The van der Waals surface area contributed by atoms with Gasteiger partial charge in [-0.1, -0.05) is 0 Å². The molecule has 0 bridgehead atoms. The first-order valence-electron chi connectivity index (χ1n) is 6.19. The highest BCUT2D eigenvalue weighted by Gasteiger charge is 2.13. The van der Waals surface area contributed by atoms with E-state index < -0.39 is 11.8 Å². The van der Waals surface area contributed by atoms with Crippen LogP contribution in [0.3, 0.4) is 0 Å². The summed E-state index contributed by atoms with van der Waals surface area (Å²) >= 11 is 0. The maximum atomic E-state index is 11.3. The third-order valence-corrected chi connectivity index (χ3v) is 2.45. The number of hydrogen-bond acceptors (Lipinski definition) is 4. The lowest BCUT2D eigenvalue weighted by Crippen LogP contribution is -2.41. The summed E-state index contributed by atoms with van der Waals surface area (Å²) in [5, 5.41) is 10.00. The van der Waals surface area contributed by atoms with Crippen LogP contribution in [0.2, 0.25) is 0 Å². The lowest BCUT2D eigenvalue weighted by molar-refractivity contribution is -0.139. The molecule has 0 aliphatic carbocycles. The van der Waals surface area contributed by atoms with Gasteiger partial charge in [0, 0.05) is 26.2 Å². The number of carbonyl (C=O) groups is 4. The Labute approximate surface area is 110 Å². The van der Waals surface area contributed by atoms with Crippen LogP contribution in [0.4, 0.5) is 0 Å². The highest BCUT2D eigenvalue weighted by atomic mass is 16.2. The van der Waals surface area contributed by atoms with Gasteiger partial charge in [0.15, 0.2) is 0 Å². The molecule has 4 N–H and O–H groups in total. The molecule has 0 atom stereocenters. The van der Waals surface area contributed by atoms with Gasteiger partial charge in [0.2, 0.25) is 11.8 Å². The Bertz CT molecular complexity index is 336. The third-order valence-electron chi connectivity index (χ3n) is 2.45. The van der Waals surface area contributed by atoms with Gasteiger partial charge in [-0.3, -0.25) is 19.2 Å². The summed E-state index contributed by atoms with van der Waals surface area (Å²) in [7, 11) is 0. The molecule has 8 nitrogen and oxygen atoms in total. The quantitative estimate of drug-likeness (QED) is 0.291. The van der Waals surface area contributed by atoms with Gasteiger partial charge in [0.25, 0.3) is 0 Å². The van der Waals surface area contributed by atoms with Crippen molar-refractivity contribution in [1.82, 2.24) is 21.3 Å². The van der Waals surface area contributed by atoms with Crippen LogP contribution >= 0.6 is 0 Å². The molecular formula is C11H18N4O4. The maximum absolute atomic E-state index is 11.3. The van der Waals surface area contributed by atoms with Crippen LogP contribution in [0.1, 0.15) is 19.3 Å². The summed E-state index contributed by atoms with van der Waals surface area (Å²) in [4.78, 5) is 45.2. The van der Waals surface area contributed by atoms with E-state index >= 15 is 0 Å². The molecule has 1 heterocycles. The van der Waals surface area contributed by atoms with Gasteiger partial charge in [-0.25, -0.2) is 0 Å². The molecule has 1 saturated heterocycles. The molecule has 4 amide bonds. The molecule has 1 rings (SSSR count). The van der Waals surface area contributed by atoms with Crippen molar-refractivity contribution in [1.29, 1.82) is 0 Å². The van der Waals surface area contributed by atoms with Crippen molar-refractivity contribution < 1.29 is 19.2 Å². The Kier molecular flexibility index (Phi) is 6.34. The zero-order valence-electron chi connectivity index (χ0n) is 10.6. The number of amides is 4. The Morgan fingerprint density at radius 1 is 0.579 bits per heavy atom. The minimum atomic E-state index is -0.690. The summed E-state index contributed by atoms with van der Waals surface area (Å²) in [5.41, 5.74) is 0. The molecule has 0 aromatic carbocycles. The van der Waals surface area contributed by atoms with Gasteiger partial charge in [-0.15, -0.1) is 0 Å². The van der Waals surface area contributed by atoms with E-state index in [2.05, 4.69) is 21.3 Å². The maximum Gasteiger partial charge on any atom is 0.309 e. The summed E-state index contributed by atoms with van der Waals surface area (Å²) in [6, 6.07) is 0. The summed E-state index contributed by atoms with van der Waals surface area (Å²) in [5.74, 6) is -2.09. The fourth-order valence-electron chi connectivity index (χ4n) is 1.47. The number of hydrogen-bond donors (Lipinski definition) is 4. The minimum Gasteiger partial charge on any atom is -0.356 e. The average molecular weight is 270 g/mol. The monoisotopic (exact) mass is 270 g/mol. The first-order valence-corrected chi connectivity index (χ1v) is 6.19. The molecule has 0 saturated carbocycles. The lowest BCUT2D eigenvalue weighted by Gasteiger charge is -2.06. The molecule has 19 heavy (non-hydrogen) atoms. The molecule has 0 aromatic heterocycles. The largest absolute Gasteiger partial charge is 0.356 e. The zero-order chi connectivity index (χ0) is 14.1. The smallest absolute Gasteiger partial charge is 0.309 e. The third kappa shape index (κ3) is 6.39. The molecule has 1 aliphatic rings. The Hall–Kier alpha value is -2.12. The highest BCUT2D eigenvalue weighted by Crippen LogP contribution is 1.84. The van der Waals surface area contributed by atoms with Crippen LogP contribution in [-0.2, 0) is 19.2 Å². The van der Waals surface area contributed by atoms with Crippen LogP contribution in [0, 0.1) is 0 Å². The molecule has 1 aliphatic heterocycles. The second-order valence-corrected chi connectivity index (χ2v) is 4.10. The number of carbonyl (C=O) groups excluding carboxylic acids is 4. The molecule has 0 unspecified atom stereocenters. The zero-order valence-corrected chi connectivity index (χ0v) is 10.6. The van der Waals surface area contributed by atoms with Crippen LogP contribution in [-0.4, -0.2) is 49.8 Å². The number of nitrogens with one attached hydrogen (secondary N) is 4. The van der Waals surface area contributed by atoms with Crippen LogP contribution in [0.5, 0.6) is 0 Å². The highest BCUT2D eigenvalue weighted by molar-refractivity contribution is 6.35. The van der Waals surface area contributed by atoms with Crippen molar-refractivity contribution in [3.05, 3.63) is 0 Å². The lowest BCUT2D eigenvalue weighted by atomic mass is 10.3. The fourth-order valence-corrected chi connectivity index (χ4v) is 1.47. The topological polar surface area (TPSA) is 116 Å². The minimum absolute atomic E-state index is 0.210. The molecule has 106 valence electrons. The van der Waals surface area contributed by atoms with Crippen molar-refractivity contribution in [2.75, 3.05) is 26.2 Å². The van der Waals surface area contributed by atoms with E-state index in [0.29, 0.717) is 39.0 Å².